The largest absolute Gasteiger partial charge is 0.646 e. The van der Waals surface area contributed by atoms with E-state index in [2.05, 4.69) is 5.16 Å². The number of rotatable bonds is 1. The SMILES string of the molecule is Nc1cc(-[c-]2[cH-][cH-][cH-][cH-]2)on1.[Fe].c1cc[cH-]c1. The van der Waals surface area contributed by atoms with Crippen LogP contribution in [0.25, 0.3) is 11.3 Å². The minimum Gasteiger partial charge on any atom is -0.646 e. The third kappa shape index (κ3) is 3.94. The van der Waals surface area contributed by atoms with Gasteiger partial charge in [-0.2, -0.15) is 18.2 Å². The molecule has 0 saturated carbocycles. The number of nitrogens with zero attached hydrogens (tertiary/aromatic N) is 1. The molecule has 0 amide bonds. The molecule has 0 spiro atoms. The van der Waals surface area contributed by atoms with E-state index < -0.39 is 0 Å². The van der Waals surface area contributed by atoms with Crippen LogP contribution in [0.15, 0.2) is 65.2 Å². The molecule has 0 atom stereocenters. The number of hydrogen-bond donors (Lipinski definition) is 1. The maximum atomic E-state index is 5.38. The van der Waals surface area contributed by atoms with E-state index >= 15 is 0 Å². The van der Waals surface area contributed by atoms with E-state index in [9.17, 15) is 0 Å². The van der Waals surface area contributed by atoms with E-state index in [0.29, 0.717) is 11.6 Å². The fourth-order valence-corrected chi connectivity index (χ4v) is 1.28. The van der Waals surface area contributed by atoms with Gasteiger partial charge < -0.3 is 51.9 Å². The Balaban J connectivity index is 0.000000205. The van der Waals surface area contributed by atoms with E-state index in [0.717, 1.165) is 5.56 Å². The molecule has 3 aromatic rings. The van der Waals surface area contributed by atoms with Crippen molar-refractivity contribution in [3.8, 4) is 11.3 Å². The third-order valence-corrected chi connectivity index (χ3v) is 2.03. The maximum absolute atomic E-state index is 5.38. The molecule has 0 fully saturated rings. The topological polar surface area (TPSA) is 52.0 Å². The van der Waals surface area contributed by atoms with Gasteiger partial charge in [0.15, 0.2) is 0 Å². The standard InChI is InChI=1S/C8H7N2O.C5H5.Fe/c9-8-5-7(11-10-8)6-3-1-2-4-6;1-2-4-5-3-1;/h1-5H,(H2,9,10);1-5H;/q-5;-1;. The first-order valence-electron chi connectivity index (χ1n) is 4.97. The molecule has 2 aromatic carbocycles. The summed E-state index contributed by atoms with van der Waals surface area (Å²) in [6.07, 6.45) is 0. The van der Waals surface area contributed by atoms with Crippen LogP contribution in [0.5, 0.6) is 0 Å². The monoisotopic (exact) mass is 268 g/mol. The quantitative estimate of drug-likeness (QED) is 0.545. The summed E-state index contributed by atoms with van der Waals surface area (Å²) in [5.74, 6) is 1.13. The zero-order valence-corrected chi connectivity index (χ0v) is 10.2. The summed E-state index contributed by atoms with van der Waals surface area (Å²) >= 11 is 0. The molecular formula is C13H12FeN2O-6. The Morgan fingerprint density at radius 1 is 1.18 bits per heavy atom. The van der Waals surface area contributed by atoms with Crippen molar-refractivity contribution in [3.05, 3.63) is 60.7 Å². The molecule has 94 valence electrons. The number of aromatic nitrogens is 1. The van der Waals surface area contributed by atoms with Gasteiger partial charge >= 0.3 is 0 Å². The van der Waals surface area contributed by atoms with Gasteiger partial charge in [0.25, 0.3) is 0 Å². The molecule has 0 unspecified atom stereocenters. The van der Waals surface area contributed by atoms with Crippen LogP contribution in [0.2, 0.25) is 0 Å². The second-order valence-corrected chi connectivity index (χ2v) is 3.25. The Bertz CT molecular complexity index is 480. The Morgan fingerprint density at radius 2 is 1.82 bits per heavy atom. The van der Waals surface area contributed by atoms with Gasteiger partial charge in [-0.1, -0.05) is 0 Å². The Labute approximate surface area is 110 Å². The van der Waals surface area contributed by atoms with Crippen molar-refractivity contribution in [2.24, 2.45) is 0 Å². The van der Waals surface area contributed by atoms with Crippen LogP contribution in [-0.4, -0.2) is 5.16 Å². The van der Waals surface area contributed by atoms with Crippen LogP contribution in [0, 0.1) is 0 Å². The zero-order valence-electron chi connectivity index (χ0n) is 9.06. The number of hydrogen-bond acceptors (Lipinski definition) is 3. The normalized spacial score (nSPS) is 8.94. The fourth-order valence-electron chi connectivity index (χ4n) is 1.28. The summed E-state index contributed by atoms with van der Waals surface area (Å²) in [5.41, 5.74) is 6.39. The van der Waals surface area contributed by atoms with E-state index in [1.165, 1.54) is 0 Å². The summed E-state index contributed by atoms with van der Waals surface area (Å²) in [6, 6.07) is 19.5. The Morgan fingerprint density at radius 3 is 2.24 bits per heavy atom. The molecule has 3 nitrogen and oxygen atoms in total. The minimum atomic E-state index is 0. The molecule has 0 aliphatic carbocycles. The molecule has 0 aliphatic rings. The van der Waals surface area contributed by atoms with Crippen molar-refractivity contribution in [1.82, 2.24) is 5.16 Å². The summed E-state index contributed by atoms with van der Waals surface area (Å²) < 4.78 is 4.93. The van der Waals surface area contributed by atoms with Crippen molar-refractivity contribution in [2.75, 3.05) is 5.73 Å². The van der Waals surface area contributed by atoms with Crippen LogP contribution in [0.4, 0.5) is 5.82 Å². The van der Waals surface area contributed by atoms with Gasteiger partial charge in [-0.15, -0.1) is 5.16 Å². The molecular weight excluding hydrogens is 256 g/mol. The molecule has 1 aromatic heterocycles. The number of anilines is 1. The van der Waals surface area contributed by atoms with E-state index in [-0.39, 0.29) is 17.1 Å². The van der Waals surface area contributed by atoms with Crippen LogP contribution in [0.1, 0.15) is 0 Å². The Hall–Kier alpha value is -1.77. The van der Waals surface area contributed by atoms with Crippen molar-refractivity contribution in [1.29, 1.82) is 0 Å². The second kappa shape index (κ2) is 6.74. The minimum absolute atomic E-state index is 0. The van der Waals surface area contributed by atoms with Crippen molar-refractivity contribution in [2.45, 2.75) is 0 Å². The van der Waals surface area contributed by atoms with Gasteiger partial charge in [0.1, 0.15) is 0 Å². The molecule has 3 rings (SSSR count). The molecule has 4 heteroatoms. The van der Waals surface area contributed by atoms with E-state index in [1.54, 1.807) is 6.07 Å². The fraction of sp³-hybridized carbons (Fsp3) is 0. The van der Waals surface area contributed by atoms with Gasteiger partial charge in [0, 0.05) is 22.9 Å². The van der Waals surface area contributed by atoms with Gasteiger partial charge in [-0.05, 0) is 0 Å². The van der Waals surface area contributed by atoms with Gasteiger partial charge in [-0.25, -0.2) is 12.1 Å². The van der Waals surface area contributed by atoms with Gasteiger partial charge in [-0.3, -0.25) is 0 Å². The number of nitrogen functional groups attached to an aromatic ring is 1. The van der Waals surface area contributed by atoms with Crippen molar-refractivity contribution in [3.63, 3.8) is 0 Å². The predicted molar refractivity (Wildman–Crippen MR) is 64.0 cm³/mol. The average molecular weight is 268 g/mol. The molecule has 2 N–H and O–H groups in total. The summed E-state index contributed by atoms with van der Waals surface area (Å²) in [4.78, 5) is 0. The van der Waals surface area contributed by atoms with E-state index in [1.807, 2.05) is 54.6 Å². The Kier molecular flexibility index (Phi) is 5.27. The van der Waals surface area contributed by atoms with Crippen molar-refractivity contribution >= 4 is 5.82 Å². The number of nitrogens with two attached hydrogens (primary N) is 1. The zero-order chi connectivity index (χ0) is 11.2. The average Bonchev–Trinajstić information content (AvgIpc) is 3.03. The molecule has 0 aliphatic heterocycles. The maximum Gasteiger partial charge on any atom is 0.0167 e. The molecule has 17 heavy (non-hydrogen) atoms. The second-order valence-electron chi connectivity index (χ2n) is 3.25. The molecule has 1 heterocycles. The van der Waals surface area contributed by atoms with Crippen LogP contribution < -0.4 is 5.73 Å². The molecule has 0 bridgehead atoms. The summed E-state index contributed by atoms with van der Waals surface area (Å²) in [5, 5.41) is 3.58. The van der Waals surface area contributed by atoms with Gasteiger partial charge in [0.2, 0.25) is 0 Å². The molecule has 0 radical (unpaired) electrons. The first-order chi connectivity index (χ1) is 7.86. The summed E-state index contributed by atoms with van der Waals surface area (Å²) in [6.45, 7) is 0. The smallest absolute Gasteiger partial charge is 0.0167 e. The summed E-state index contributed by atoms with van der Waals surface area (Å²) in [7, 11) is 0. The first-order valence-corrected chi connectivity index (χ1v) is 4.97. The van der Waals surface area contributed by atoms with Crippen molar-refractivity contribution < 1.29 is 21.6 Å². The van der Waals surface area contributed by atoms with E-state index in [4.69, 9.17) is 10.3 Å². The van der Waals surface area contributed by atoms with Crippen LogP contribution >= 0.6 is 0 Å². The van der Waals surface area contributed by atoms with Crippen LogP contribution in [0.3, 0.4) is 0 Å². The predicted octanol–water partition coefficient (Wildman–Crippen LogP) is 3.05. The molecule has 0 saturated heterocycles. The first kappa shape index (κ1) is 13.3. The van der Waals surface area contributed by atoms with Crippen LogP contribution in [-0.2, 0) is 17.1 Å². The third-order valence-electron chi connectivity index (χ3n) is 2.03. The van der Waals surface area contributed by atoms with Gasteiger partial charge in [0.05, 0.1) is 0 Å².